The molecule has 2 aromatic rings. The van der Waals surface area contributed by atoms with E-state index in [0.717, 1.165) is 24.6 Å². The van der Waals surface area contributed by atoms with Crippen LogP contribution in [0.25, 0.3) is 0 Å². The lowest BCUT2D eigenvalue weighted by atomic mass is 10.2. The van der Waals surface area contributed by atoms with Crippen LogP contribution in [0.1, 0.15) is 5.82 Å². The topological polar surface area (TPSA) is 94.1 Å². The molecule has 2 N–H and O–H groups in total. The van der Waals surface area contributed by atoms with Crippen molar-refractivity contribution in [2.75, 3.05) is 23.4 Å². The van der Waals surface area contributed by atoms with Crippen LogP contribution >= 0.6 is 0 Å². The average molecular weight is 293 g/mol. The van der Waals surface area contributed by atoms with Gasteiger partial charge in [-0.3, -0.25) is 0 Å². The lowest BCUT2D eigenvalue weighted by Crippen LogP contribution is -2.34. The number of rotatable bonds is 2. The van der Waals surface area contributed by atoms with Crippen LogP contribution in [0, 0.1) is 0 Å². The highest BCUT2D eigenvalue weighted by molar-refractivity contribution is 7.90. The predicted molar refractivity (Wildman–Crippen MR) is 75.0 cm³/mol. The van der Waals surface area contributed by atoms with Gasteiger partial charge in [0.05, 0.1) is 22.8 Å². The van der Waals surface area contributed by atoms with Gasteiger partial charge in [0.25, 0.3) is 0 Å². The van der Waals surface area contributed by atoms with Crippen molar-refractivity contribution >= 4 is 21.2 Å². The van der Waals surface area contributed by atoms with Gasteiger partial charge < -0.3 is 15.2 Å². The molecule has 1 aromatic heterocycles. The van der Waals surface area contributed by atoms with Crippen LogP contribution in [0.4, 0.5) is 11.4 Å². The second-order valence-corrected chi connectivity index (χ2v) is 6.87. The Morgan fingerprint density at radius 2 is 2.10 bits per heavy atom. The van der Waals surface area contributed by atoms with Gasteiger partial charge in [0, 0.05) is 19.3 Å². The lowest BCUT2D eigenvalue weighted by Gasteiger charge is -2.30. The molecule has 0 radical (unpaired) electrons. The number of anilines is 2. The molecular weight excluding hydrogens is 278 g/mol. The zero-order valence-corrected chi connectivity index (χ0v) is 11.8. The molecule has 0 spiro atoms. The molecule has 1 aromatic carbocycles. The Morgan fingerprint density at radius 3 is 2.80 bits per heavy atom. The summed E-state index contributed by atoms with van der Waals surface area (Å²) in [6.45, 7) is 2.19. The molecule has 2 heterocycles. The van der Waals surface area contributed by atoms with E-state index in [0.29, 0.717) is 12.2 Å². The zero-order chi connectivity index (χ0) is 14.3. The fourth-order valence-electron chi connectivity index (χ4n) is 2.32. The van der Waals surface area contributed by atoms with Crippen molar-refractivity contribution < 1.29 is 8.42 Å². The summed E-state index contributed by atoms with van der Waals surface area (Å²) in [7, 11) is -3.24. The van der Waals surface area contributed by atoms with Crippen LogP contribution in [-0.2, 0) is 22.9 Å². The molecule has 0 atom stereocenters. The minimum absolute atomic E-state index is 0.235. The van der Waals surface area contributed by atoms with Crippen LogP contribution < -0.4 is 10.6 Å². The number of hydrogen-bond acceptors (Lipinski definition) is 6. The minimum atomic E-state index is -3.24. The second-order valence-electron chi connectivity index (χ2n) is 4.85. The lowest BCUT2D eigenvalue weighted by molar-refractivity contribution is 0.560. The third kappa shape index (κ3) is 2.22. The van der Waals surface area contributed by atoms with Gasteiger partial charge in [0.2, 0.25) is 0 Å². The number of nitrogen functional groups attached to an aromatic ring is 1. The smallest absolute Gasteiger partial charge is 0.175 e. The highest BCUT2D eigenvalue weighted by Gasteiger charge is 2.20. The van der Waals surface area contributed by atoms with Crippen molar-refractivity contribution in [3.8, 4) is 0 Å². The Hall–Kier alpha value is -2.09. The van der Waals surface area contributed by atoms with Gasteiger partial charge in [-0.1, -0.05) is 0 Å². The third-order valence-electron chi connectivity index (χ3n) is 3.41. The van der Waals surface area contributed by atoms with Gasteiger partial charge in [-0.15, -0.1) is 10.2 Å². The van der Waals surface area contributed by atoms with Gasteiger partial charge in [-0.25, -0.2) is 8.42 Å². The fourth-order valence-corrected chi connectivity index (χ4v) is 2.98. The summed E-state index contributed by atoms with van der Waals surface area (Å²) in [4.78, 5) is 2.31. The van der Waals surface area contributed by atoms with Gasteiger partial charge in [0.15, 0.2) is 15.7 Å². The van der Waals surface area contributed by atoms with Crippen LogP contribution in [0.15, 0.2) is 29.4 Å². The maximum absolute atomic E-state index is 11.5. The molecule has 106 valence electrons. The quantitative estimate of drug-likeness (QED) is 0.799. The van der Waals surface area contributed by atoms with Crippen molar-refractivity contribution in [2.45, 2.75) is 18.0 Å². The first kappa shape index (κ1) is 12.9. The molecule has 20 heavy (non-hydrogen) atoms. The molecule has 3 rings (SSSR count). The van der Waals surface area contributed by atoms with Gasteiger partial charge in [-0.05, 0) is 18.2 Å². The van der Waals surface area contributed by atoms with Crippen molar-refractivity contribution in [1.82, 2.24) is 14.8 Å². The summed E-state index contributed by atoms with van der Waals surface area (Å²) in [5.74, 6) is 0.878. The molecule has 7 nitrogen and oxygen atoms in total. The Balaban J connectivity index is 1.93. The Kier molecular flexibility index (Phi) is 2.89. The van der Waals surface area contributed by atoms with E-state index >= 15 is 0 Å². The van der Waals surface area contributed by atoms with E-state index in [1.807, 2.05) is 4.57 Å². The second kappa shape index (κ2) is 4.48. The Morgan fingerprint density at radius 1 is 1.30 bits per heavy atom. The van der Waals surface area contributed by atoms with Gasteiger partial charge in [0.1, 0.15) is 6.33 Å². The van der Waals surface area contributed by atoms with Crippen molar-refractivity contribution in [1.29, 1.82) is 0 Å². The molecule has 0 aliphatic carbocycles. The highest BCUT2D eigenvalue weighted by atomic mass is 32.2. The summed E-state index contributed by atoms with van der Waals surface area (Å²) in [5, 5.41) is 7.93. The van der Waals surface area contributed by atoms with E-state index < -0.39 is 9.84 Å². The van der Waals surface area contributed by atoms with Crippen LogP contribution in [0.3, 0.4) is 0 Å². The number of aromatic nitrogens is 3. The standard InChI is InChI=1S/C12H15N5O2S/c1-20(18,19)9-2-3-11(10(13)6-9)16-4-5-17-8-14-15-12(17)7-16/h2-3,6,8H,4-5,7,13H2,1H3. The molecule has 0 fully saturated rings. The number of nitrogens with zero attached hydrogens (tertiary/aromatic N) is 4. The molecule has 0 saturated carbocycles. The highest BCUT2D eigenvalue weighted by Crippen LogP contribution is 2.28. The Bertz CT molecular complexity index is 753. The number of nitrogens with two attached hydrogens (primary N) is 1. The van der Waals surface area contributed by atoms with Crippen molar-refractivity contribution in [2.24, 2.45) is 0 Å². The maximum Gasteiger partial charge on any atom is 0.175 e. The molecule has 0 saturated heterocycles. The molecule has 1 aliphatic rings. The first-order valence-corrected chi connectivity index (χ1v) is 8.05. The number of sulfone groups is 1. The Labute approximate surface area is 116 Å². The molecule has 0 amide bonds. The summed E-state index contributed by atoms with van der Waals surface area (Å²) in [6, 6.07) is 4.84. The van der Waals surface area contributed by atoms with E-state index in [9.17, 15) is 8.42 Å². The third-order valence-corrected chi connectivity index (χ3v) is 4.52. The largest absolute Gasteiger partial charge is 0.397 e. The molecular formula is C12H15N5O2S. The fraction of sp³-hybridized carbons (Fsp3) is 0.333. The van der Waals surface area contributed by atoms with Gasteiger partial charge >= 0.3 is 0 Å². The molecule has 8 heteroatoms. The van der Waals surface area contributed by atoms with E-state index in [1.165, 1.54) is 12.3 Å². The first-order chi connectivity index (χ1) is 9.45. The van der Waals surface area contributed by atoms with E-state index in [1.54, 1.807) is 18.5 Å². The zero-order valence-electron chi connectivity index (χ0n) is 11.0. The normalized spacial score (nSPS) is 15.2. The van der Waals surface area contributed by atoms with Crippen molar-refractivity contribution in [3.05, 3.63) is 30.4 Å². The SMILES string of the molecule is CS(=O)(=O)c1ccc(N2CCn3cnnc3C2)c(N)c1. The van der Waals surface area contributed by atoms with Crippen LogP contribution in [-0.4, -0.2) is 36.0 Å². The van der Waals surface area contributed by atoms with E-state index in [2.05, 4.69) is 15.1 Å². The molecule has 0 unspecified atom stereocenters. The number of hydrogen-bond donors (Lipinski definition) is 1. The van der Waals surface area contributed by atoms with Crippen molar-refractivity contribution in [3.63, 3.8) is 0 Å². The minimum Gasteiger partial charge on any atom is -0.397 e. The summed E-state index contributed by atoms with van der Waals surface area (Å²) < 4.78 is 25.0. The summed E-state index contributed by atoms with van der Waals surface area (Å²) in [6.07, 6.45) is 2.88. The van der Waals surface area contributed by atoms with Crippen LogP contribution in [0.5, 0.6) is 0 Å². The maximum atomic E-state index is 11.5. The molecule has 1 aliphatic heterocycles. The predicted octanol–water partition coefficient (Wildman–Crippen LogP) is 0.284. The summed E-state index contributed by atoms with van der Waals surface area (Å²) in [5.41, 5.74) is 7.28. The average Bonchev–Trinajstić information content (AvgIpc) is 2.84. The van der Waals surface area contributed by atoms with Gasteiger partial charge in [-0.2, -0.15) is 0 Å². The summed E-state index contributed by atoms with van der Waals surface area (Å²) >= 11 is 0. The monoisotopic (exact) mass is 293 g/mol. The van der Waals surface area contributed by atoms with Crippen LogP contribution in [0.2, 0.25) is 0 Å². The number of benzene rings is 1. The van der Waals surface area contributed by atoms with E-state index in [-0.39, 0.29) is 4.90 Å². The first-order valence-electron chi connectivity index (χ1n) is 6.16. The number of fused-ring (bicyclic) bond motifs is 1. The van der Waals surface area contributed by atoms with E-state index in [4.69, 9.17) is 5.73 Å². The molecule has 0 bridgehead atoms.